The number of benzene rings is 2. The molecule has 0 aromatic heterocycles. The van der Waals surface area contributed by atoms with Crippen molar-refractivity contribution in [2.24, 2.45) is 0 Å². The summed E-state index contributed by atoms with van der Waals surface area (Å²) in [6.07, 6.45) is 0.959. The van der Waals surface area contributed by atoms with Crippen LogP contribution < -0.4 is 14.8 Å². The maximum Gasteiger partial charge on any atom is 0.251 e. The fraction of sp³-hybridized carbons (Fsp3) is 0.435. The average molecular weight is 399 g/mol. The Bertz CT molecular complexity index is 801. The zero-order chi connectivity index (χ0) is 20.6. The minimum absolute atomic E-state index is 0.0255. The highest BCUT2D eigenvalue weighted by Crippen LogP contribution is 2.32. The van der Waals surface area contributed by atoms with Gasteiger partial charge in [0.1, 0.15) is 0 Å². The SMILES string of the molecule is CCc1ccc(C(=O)NCC(c2ccc(OC)c(OC)c2)N2CCOCC2)cc1. The lowest BCUT2D eigenvalue weighted by molar-refractivity contribution is 0.0162. The van der Waals surface area contributed by atoms with Crippen molar-refractivity contribution in [3.8, 4) is 11.5 Å². The topological polar surface area (TPSA) is 60.0 Å². The summed E-state index contributed by atoms with van der Waals surface area (Å²) in [4.78, 5) is 15.0. The van der Waals surface area contributed by atoms with E-state index < -0.39 is 0 Å². The molecule has 1 saturated heterocycles. The number of hydrogen-bond donors (Lipinski definition) is 1. The lowest BCUT2D eigenvalue weighted by Crippen LogP contribution is -2.43. The third-order valence-electron chi connectivity index (χ3n) is 5.36. The normalized spacial score (nSPS) is 15.6. The van der Waals surface area contributed by atoms with Gasteiger partial charge in [-0.3, -0.25) is 9.69 Å². The van der Waals surface area contributed by atoms with Gasteiger partial charge in [-0.05, 0) is 41.8 Å². The van der Waals surface area contributed by atoms with Crippen LogP contribution >= 0.6 is 0 Å². The minimum atomic E-state index is -0.0635. The quantitative estimate of drug-likeness (QED) is 0.741. The molecule has 2 aromatic rings. The van der Waals surface area contributed by atoms with E-state index in [1.807, 2.05) is 42.5 Å². The summed E-state index contributed by atoms with van der Waals surface area (Å²) in [6.45, 7) is 5.63. The fourth-order valence-electron chi connectivity index (χ4n) is 3.59. The van der Waals surface area contributed by atoms with Crippen molar-refractivity contribution in [3.63, 3.8) is 0 Å². The van der Waals surface area contributed by atoms with E-state index in [9.17, 15) is 4.79 Å². The van der Waals surface area contributed by atoms with Crippen molar-refractivity contribution in [2.45, 2.75) is 19.4 Å². The van der Waals surface area contributed by atoms with Gasteiger partial charge in [0.05, 0.1) is 33.5 Å². The summed E-state index contributed by atoms with van der Waals surface area (Å²) in [7, 11) is 3.26. The second kappa shape index (κ2) is 10.3. The standard InChI is InChI=1S/C23H30N2O4/c1-4-17-5-7-18(8-6-17)23(26)24-16-20(25-11-13-29-14-12-25)19-9-10-21(27-2)22(15-19)28-3/h5-10,15,20H,4,11-14,16H2,1-3H3,(H,24,26). The number of ether oxygens (including phenoxy) is 3. The van der Waals surface area contributed by atoms with Gasteiger partial charge in [0.2, 0.25) is 0 Å². The summed E-state index contributed by atoms with van der Waals surface area (Å²) in [5.41, 5.74) is 2.97. The fourth-order valence-corrected chi connectivity index (χ4v) is 3.59. The van der Waals surface area contributed by atoms with E-state index in [1.165, 1.54) is 5.56 Å². The highest BCUT2D eigenvalue weighted by atomic mass is 16.5. The van der Waals surface area contributed by atoms with E-state index in [4.69, 9.17) is 14.2 Å². The van der Waals surface area contributed by atoms with Crippen LogP contribution in [0.1, 0.15) is 34.5 Å². The van der Waals surface area contributed by atoms with Crippen LogP contribution in [0.2, 0.25) is 0 Å². The van der Waals surface area contributed by atoms with Crippen LogP contribution in [-0.2, 0) is 11.2 Å². The van der Waals surface area contributed by atoms with Crippen LogP contribution in [0.5, 0.6) is 11.5 Å². The van der Waals surface area contributed by atoms with Crippen molar-refractivity contribution in [1.29, 1.82) is 0 Å². The Kier molecular flexibility index (Phi) is 7.49. The zero-order valence-corrected chi connectivity index (χ0v) is 17.4. The van der Waals surface area contributed by atoms with Gasteiger partial charge < -0.3 is 19.5 Å². The van der Waals surface area contributed by atoms with Gasteiger partial charge in [0, 0.05) is 25.2 Å². The molecule has 0 radical (unpaired) electrons. The summed E-state index contributed by atoms with van der Waals surface area (Å²) in [6, 6.07) is 13.7. The van der Waals surface area contributed by atoms with Gasteiger partial charge in [0.15, 0.2) is 11.5 Å². The highest BCUT2D eigenvalue weighted by molar-refractivity contribution is 5.94. The Labute approximate surface area is 172 Å². The number of hydrogen-bond acceptors (Lipinski definition) is 5. The molecule has 156 valence electrons. The first kappa shape index (κ1) is 21.1. The maximum absolute atomic E-state index is 12.7. The molecular formula is C23H30N2O4. The molecule has 1 heterocycles. The number of nitrogens with zero attached hydrogens (tertiary/aromatic N) is 1. The van der Waals surface area contributed by atoms with Crippen LogP contribution in [0.25, 0.3) is 0 Å². The molecule has 1 unspecified atom stereocenters. The summed E-state index contributed by atoms with van der Waals surface area (Å²) < 4.78 is 16.3. The van der Waals surface area contributed by atoms with E-state index in [-0.39, 0.29) is 11.9 Å². The molecule has 3 rings (SSSR count). The highest BCUT2D eigenvalue weighted by Gasteiger charge is 2.24. The Morgan fingerprint density at radius 3 is 2.38 bits per heavy atom. The van der Waals surface area contributed by atoms with Gasteiger partial charge >= 0.3 is 0 Å². The van der Waals surface area contributed by atoms with Crippen molar-refractivity contribution in [1.82, 2.24) is 10.2 Å². The second-order valence-corrected chi connectivity index (χ2v) is 7.04. The number of aryl methyl sites for hydroxylation is 1. The first-order valence-electron chi connectivity index (χ1n) is 10.1. The lowest BCUT2D eigenvalue weighted by Gasteiger charge is -2.35. The van der Waals surface area contributed by atoms with Crippen molar-refractivity contribution in [3.05, 3.63) is 59.2 Å². The number of nitrogens with one attached hydrogen (secondary N) is 1. The molecule has 0 bridgehead atoms. The van der Waals surface area contributed by atoms with Gasteiger partial charge in [-0.15, -0.1) is 0 Å². The van der Waals surface area contributed by atoms with E-state index in [2.05, 4.69) is 17.1 Å². The predicted octanol–water partition coefficient (Wildman–Crippen LogP) is 3.07. The minimum Gasteiger partial charge on any atom is -0.493 e. The Balaban J connectivity index is 1.77. The van der Waals surface area contributed by atoms with E-state index >= 15 is 0 Å². The molecule has 6 heteroatoms. The zero-order valence-electron chi connectivity index (χ0n) is 17.4. The number of carbonyl (C=O) groups is 1. The molecule has 1 atom stereocenters. The molecule has 1 aliphatic rings. The molecular weight excluding hydrogens is 368 g/mol. The molecule has 29 heavy (non-hydrogen) atoms. The van der Waals surface area contributed by atoms with E-state index in [0.717, 1.165) is 25.1 Å². The Morgan fingerprint density at radius 1 is 1.07 bits per heavy atom. The molecule has 0 spiro atoms. The van der Waals surface area contributed by atoms with Gasteiger partial charge in [-0.1, -0.05) is 25.1 Å². The van der Waals surface area contributed by atoms with Crippen LogP contribution in [0, 0.1) is 0 Å². The Morgan fingerprint density at radius 2 is 1.76 bits per heavy atom. The third kappa shape index (κ3) is 5.28. The molecule has 0 aliphatic carbocycles. The third-order valence-corrected chi connectivity index (χ3v) is 5.36. The van der Waals surface area contributed by atoms with E-state index in [1.54, 1.807) is 14.2 Å². The van der Waals surface area contributed by atoms with Crippen LogP contribution in [-0.4, -0.2) is 57.9 Å². The lowest BCUT2D eigenvalue weighted by atomic mass is 10.0. The summed E-state index contributed by atoms with van der Waals surface area (Å²) >= 11 is 0. The van der Waals surface area contributed by atoms with E-state index in [0.29, 0.717) is 36.8 Å². The molecule has 1 amide bonds. The molecule has 1 fully saturated rings. The molecule has 6 nitrogen and oxygen atoms in total. The number of methoxy groups -OCH3 is 2. The largest absolute Gasteiger partial charge is 0.493 e. The van der Waals surface area contributed by atoms with Crippen molar-refractivity contribution in [2.75, 3.05) is 47.1 Å². The molecule has 1 N–H and O–H groups in total. The van der Waals surface area contributed by atoms with Crippen molar-refractivity contribution >= 4 is 5.91 Å². The monoisotopic (exact) mass is 398 g/mol. The van der Waals surface area contributed by atoms with Crippen LogP contribution in [0.3, 0.4) is 0 Å². The smallest absolute Gasteiger partial charge is 0.251 e. The molecule has 2 aromatic carbocycles. The van der Waals surface area contributed by atoms with Crippen molar-refractivity contribution < 1.29 is 19.0 Å². The summed E-state index contributed by atoms with van der Waals surface area (Å²) in [5, 5.41) is 3.10. The first-order valence-corrected chi connectivity index (χ1v) is 10.1. The second-order valence-electron chi connectivity index (χ2n) is 7.04. The number of morpholine rings is 1. The van der Waals surface area contributed by atoms with Crippen LogP contribution in [0.15, 0.2) is 42.5 Å². The predicted molar refractivity (Wildman–Crippen MR) is 113 cm³/mol. The number of amides is 1. The van der Waals surface area contributed by atoms with Gasteiger partial charge in [-0.2, -0.15) is 0 Å². The van der Waals surface area contributed by atoms with Gasteiger partial charge in [-0.25, -0.2) is 0 Å². The molecule has 1 aliphatic heterocycles. The number of rotatable bonds is 8. The number of carbonyl (C=O) groups excluding carboxylic acids is 1. The maximum atomic E-state index is 12.7. The summed E-state index contributed by atoms with van der Waals surface area (Å²) in [5.74, 6) is 1.31. The average Bonchev–Trinajstić information content (AvgIpc) is 2.79. The van der Waals surface area contributed by atoms with Gasteiger partial charge in [0.25, 0.3) is 5.91 Å². The van der Waals surface area contributed by atoms with Crippen LogP contribution in [0.4, 0.5) is 0 Å². The Hall–Kier alpha value is -2.57. The molecule has 0 saturated carbocycles. The first-order chi connectivity index (χ1) is 14.2.